The maximum atomic E-state index is 14.0. The third-order valence-electron chi connectivity index (χ3n) is 7.50. The normalized spacial score (nSPS) is 37.7. The highest BCUT2D eigenvalue weighted by atomic mass is 19.1. The third kappa shape index (κ3) is 3.14. The fourth-order valence-corrected chi connectivity index (χ4v) is 6.95. The second-order valence-electron chi connectivity index (χ2n) is 9.68. The summed E-state index contributed by atoms with van der Waals surface area (Å²) in [5, 5.41) is 10.9. The number of nitrogens with zero attached hydrogens (tertiary/aromatic N) is 2. The van der Waals surface area contributed by atoms with E-state index in [1.165, 1.54) is 12.5 Å². The molecule has 1 amide bonds. The maximum Gasteiger partial charge on any atom is 0.223 e. The summed E-state index contributed by atoms with van der Waals surface area (Å²) in [6.45, 7) is 2.66. The van der Waals surface area contributed by atoms with Gasteiger partial charge in [-0.1, -0.05) is 12.1 Å². The van der Waals surface area contributed by atoms with Crippen molar-refractivity contribution in [3.05, 3.63) is 30.1 Å². The highest BCUT2D eigenvalue weighted by Crippen LogP contribution is 2.62. The van der Waals surface area contributed by atoms with Crippen molar-refractivity contribution in [2.75, 3.05) is 31.1 Å². The quantitative estimate of drug-likeness (QED) is 0.886. The van der Waals surface area contributed by atoms with Gasteiger partial charge in [-0.2, -0.15) is 0 Å². The van der Waals surface area contributed by atoms with E-state index in [0.29, 0.717) is 50.1 Å². The van der Waals surface area contributed by atoms with E-state index in [9.17, 15) is 14.3 Å². The SMILES string of the molecule is O=C(CC12CC3CC(CC(O)(C3)C1)C2)N1CCN(c2ccccc2F)CC1. The molecule has 1 saturated heterocycles. The lowest BCUT2D eigenvalue weighted by molar-refractivity contribution is -0.172. The summed E-state index contributed by atoms with van der Waals surface area (Å²) in [7, 11) is 0. The number of hydrogen-bond acceptors (Lipinski definition) is 3. The second kappa shape index (κ2) is 6.20. The van der Waals surface area contributed by atoms with Gasteiger partial charge in [-0.05, 0) is 67.9 Å². The van der Waals surface area contributed by atoms with Crippen LogP contribution in [0.4, 0.5) is 10.1 Å². The van der Waals surface area contributed by atoms with Crippen molar-refractivity contribution in [1.82, 2.24) is 4.90 Å². The van der Waals surface area contributed by atoms with Crippen LogP contribution in [-0.4, -0.2) is 47.7 Å². The van der Waals surface area contributed by atoms with Crippen LogP contribution in [-0.2, 0) is 4.79 Å². The van der Waals surface area contributed by atoms with Crippen LogP contribution in [0, 0.1) is 23.1 Å². The standard InChI is InChI=1S/C22H29FN2O2/c23-18-3-1-2-4-19(18)24-5-7-25(8-6-24)20(26)14-21-10-16-9-17(11-21)13-22(27,12-16)15-21/h1-4,16-17,27H,5-15H2. The van der Waals surface area contributed by atoms with E-state index in [1.54, 1.807) is 6.07 Å². The zero-order valence-corrected chi connectivity index (χ0v) is 15.9. The summed E-state index contributed by atoms with van der Waals surface area (Å²) in [6.07, 6.45) is 6.77. The minimum Gasteiger partial charge on any atom is -0.390 e. The number of rotatable bonds is 3. The van der Waals surface area contributed by atoms with E-state index in [-0.39, 0.29) is 17.1 Å². The fraction of sp³-hybridized carbons (Fsp3) is 0.682. The number of benzene rings is 1. The molecule has 2 atom stereocenters. The van der Waals surface area contributed by atoms with Crippen molar-refractivity contribution >= 4 is 11.6 Å². The van der Waals surface area contributed by atoms with Crippen LogP contribution in [0.1, 0.15) is 44.9 Å². The Kier molecular flexibility index (Phi) is 4.01. The second-order valence-corrected chi connectivity index (χ2v) is 9.68. The van der Waals surface area contributed by atoms with E-state index in [2.05, 4.69) is 0 Å². The Morgan fingerprint density at radius 1 is 1.07 bits per heavy atom. The number of hydrogen-bond donors (Lipinski definition) is 1. The molecule has 4 bridgehead atoms. The highest BCUT2D eigenvalue weighted by molar-refractivity contribution is 5.77. The Hall–Kier alpha value is -1.62. The molecule has 1 aromatic rings. The van der Waals surface area contributed by atoms with Gasteiger partial charge in [0.15, 0.2) is 0 Å². The Morgan fingerprint density at radius 3 is 2.37 bits per heavy atom. The largest absolute Gasteiger partial charge is 0.390 e. The number of piperazine rings is 1. The van der Waals surface area contributed by atoms with Crippen LogP contribution in [0.3, 0.4) is 0 Å². The summed E-state index contributed by atoms with van der Waals surface area (Å²) in [6, 6.07) is 6.86. The zero-order valence-electron chi connectivity index (χ0n) is 15.9. The Labute approximate surface area is 160 Å². The van der Waals surface area contributed by atoms with Gasteiger partial charge in [0, 0.05) is 32.6 Å². The number of amides is 1. The summed E-state index contributed by atoms with van der Waals surface area (Å²) < 4.78 is 14.0. The van der Waals surface area contributed by atoms with Gasteiger partial charge < -0.3 is 14.9 Å². The summed E-state index contributed by atoms with van der Waals surface area (Å²) in [5.74, 6) is 1.26. The lowest BCUT2D eigenvalue weighted by Gasteiger charge is -2.60. The predicted octanol–water partition coefficient (Wildman–Crippen LogP) is 3.20. The lowest BCUT2D eigenvalue weighted by Crippen LogP contribution is -2.57. The summed E-state index contributed by atoms with van der Waals surface area (Å²) >= 11 is 0. The first-order chi connectivity index (χ1) is 12.9. The molecule has 0 spiro atoms. The van der Waals surface area contributed by atoms with Gasteiger partial charge in [0.05, 0.1) is 11.3 Å². The molecule has 4 nitrogen and oxygen atoms in total. The molecule has 1 aliphatic heterocycles. The molecular formula is C22H29FN2O2. The van der Waals surface area contributed by atoms with Crippen molar-refractivity contribution in [2.24, 2.45) is 17.3 Å². The monoisotopic (exact) mass is 372 g/mol. The van der Waals surface area contributed by atoms with Gasteiger partial charge in [0.25, 0.3) is 0 Å². The molecule has 1 heterocycles. The Bertz CT molecular complexity index is 730. The number of carbonyl (C=O) groups is 1. The van der Waals surface area contributed by atoms with Crippen molar-refractivity contribution in [3.8, 4) is 0 Å². The van der Waals surface area contributed by atoms with Gasteiger partial charge in [-0.25, -0.2) is 4.39 Å². The molecular weight excluding hydrogens is 343 g/mol. The van der Waals surface area contributed by atoms with Gasteiger partial charge in [-0.15, -0.1) is 0 Å². The molecule has 5 fully saturated rings. The lowest BCUT2D eigenvalue weighted by atomic mass is 9.47. The van der Waals surface area contributed by atoms with Crippen LogP contribution in [0.5, 0.6) is 0 Å². The molecule has 5 aliphatic rings. The molecule has 4 aliphatic carbocycles. The first-order valence-electron chi connectivity index (χ1n) is 10.4. The smallest absolute Gasteiger partial charge is 0.223 e. The first-order valence-corrected chi connectivity index (χ1v) is 10.4. The topological polar surface area (TPSA) is 43.8 Å². The van der Waals surface area contributed by atoms with Crippen LogP contribution >= 0.6 is 0 Å². The number of carbonyl (C=O) groups excluding carboxylic acids is 1. The third-order valence-corrected chi connectivity index (χ3v) is 7.50. The van der Waals surface area contributed by atoms with Crippen LogP contribution in [0.15, 0.2) is 24.3 Å². The molecule has 6 rings (SSSR count). The van der Waals surface area contributed by atoms with E-state index in [4.69, 9.17) is 0 Å². The van der Waals surface area contributed by atoms with Crippen molar-refractivity contribution in [2.45, 2.75) is 50.5 Å². The highest BCUT2D eigenvalue weighted by Gasteiger charge is 2.57. The van der Waals surface area contributed by atoms with E-state index in [0.717, 1.165) is 32.1 Å². The van der Waals surface area contributed by atoms with Crippen molar-refractivity contribution in [3.63, 3.8) is 0 Å². The molecule has 1 aromatic carbocycles. The Balaban J connectivity index is 1.22. The van der Waals surface area contributed by atoms with E-state index in [1.807, 2.05) is 21.9 Å². The van der Waals surface area contributed by atoms with Crippen LogP contribution in [0.2, 0.25) is 0 Å². The molecule has 0 aromatic heterocycles. The minimum atomic E-state index is -0.506. The maximum absolute atomic E-state index is 14.0. The number of anilines is 1. The molecule has 5 heteroatoms. The zero-order chi connectivity index (χ0) is 18.6. The molecule has 2 unspecified atom stereocenters. The molecule has 146 valence electrons. The summed E-state index contributed by atoms with van der Waals surface area (Å²) in [5.41, 5.74) is 0.153. The minimum absolute atomic E-state index is 0.0264. The number of aliphatic hydroxyl groups is 1. The number of halogens is 1. The number of para-hydroxylation sites is 1. The van der Waals surface area contributed by atoms with Gasteiger partial charge in [0.1, 0.15) is 5.82 Å². The van der Waals surface area contributed by atoms with Crippen LogP contribution < -0.4 is 4.90 Å². The molecule has 27 heavy (non-hydrogen) atoms. The first kappa shape index (κ1) is 17.5. The average molecular weight is 372 g/mol. The van der Waals surface area contributed by atoms with Gasteiger partial charge in [0.2, 0.25) is 5.91 Å². The van der Waals surface area contributed by atoms with Crippen LogP contribution in [0.25, 0.3) is 0 Å². The van der Waals surface area contributed by atoms with Crippen molar-refractivity contribution in [1.29, 1.82) is 0 Å². The predicted molar refractivity (Wildman–Crippen MR) is 102 cm³/mol. The summed E-state index contributed by atoms with van der Waals surface area (Å²) in [4.78, 5) is 17.0. The van der Waals surface area contributed by atoms with Gasteiger partial charge in [-0.3, -0.25) is 4.79 Å². The van der Waals surface area contributed by atoms with E-state index >= 15 is 0 Å². The molecule has 0 radical (unpaired) electrons. The van der Waals surface area contributed by atoms with Gasteiger partial charge >= 0.3 is 0 Å². The van der Waals surface area contributed by atoms with Crippen molar-refractivity contribution < 1.29 is 14.3 Å². The van der Waals surface area contributed by atoms with E-state index < -0.39 is 5.60 Å². The Morgan fingerprint density at radius 2 is 1.74 bits per heavy atom. The molecule has 4 saturated carbocycles. The average Bonchev–Trinajstić information content (AvgIpc) is 2.60. The molecule has 1 N–H and O–H groups in total. The fourth-order valence-electron chi connectivity index (χ4n) is 6.95.